The number of anilines is 1. The number of aromatic nitrogens is 1. The smallest absolute Gasteiger partial charge is 0.229 e. The Bertz CT molecular complexity index is 478. The normalized spacial score (nSPS) is 24.9. The third-order valence-corrected chi connectivity index (χ3v) is 4.23. The average Bonchev–Trinajstić information content (AvgIpc) is 2.49. The second-order valence-electron chi connectivity index (χ2n) is 5.61. The molecule has 2 unspecified atom stereocenters. The van der Waals surface area contributed by atoms with Gasteiger partial charge >= 0.3 is 0 Å². The van der Waals surface area contributed by atoms with Crippen molar-refractivity contribution < 1.29 is 9.53 Å². The number of nitrogens with zero attached hydrogens (tertiary/aromatic N) is 2. The van der Waals surface area contributed by atoms with Gasteiger partial charge in [-0.05, 0) is 25.0 Å². The van der Waals surface area contributed by atoms with Crippen molar-refractivity contribution in [2.45, 2.75) is 44.2 Å². The van der Waals surface area contributed by atoms with E-state index in [1.165, 1.54) is 12.8 Å². The van der Waals surface area contributed by atoms with Crippen LogP contribution in [-0.4, -0.2) is 41.1 Å². The maximum atomic E-state index is 12.5. The van der Waals surface area contributed by atoms with E-state index in [0.29, 0.717) is 25.3 Å². The number of nitrogen functional groups attached to an aromatic ring is 1. The number of carbonyl (C=O) groups excluding carboxylic acids is 1. The number of rotatable bonds is 2. The fraction of sp³-hybridized carbons (Fsp3) is 0.600. The highest BCUT2D eigenvalue weighted by atomic mass is 35.5. The number of halogens is 1. The second-order valence-corrected chi connectivity index (χ2v) is 5.61. The summed E-state index contributed by atoms with van der Waals surface area (Å²) in [5.41, 5.74) is 7.02. The predicted octanol–water partition coefficient (Wildman–Crippen LogP) is 1.80. The highest BCUT2D eigenvalue weighted by molar-refractivity contribution is 5.85. The first-order chi connectivity index (χ1) is 9.74. The Balaban J connectivity index is 0.00000161. The zero-order chi connectivity index (χ0) is 13.9. The summed E-state index contributed by atoms with van der Waals surface area (Å²) in [7, 11) is 0. The first-order valence-corrected chi connectivity index (χ1v) is 7.35. The summed E-state index contributed by atoms with van der Waals surface area (Å²) < 4.78 is 5.80. The molecule has 2 heterocycles. The lowest BCUT2D eigenvalue weighted by atomic mass is 9.90. The van der Waals surface area contributed by atoms with E-state index in [4.69, 9.17) is 10.5 Å². The van der Waals surface area contributed by atoms with E-state index < -0.39 is 0 Å². The molecule has 0 bridgehead atoms. The zero-order valence-electron chi connectivity index (χ0n) is 12.0. The highest BCUT2D eigenvalue weighted by Crippen LogP contribution is 2.28. The molecule has 1 aliphatic heterocycles. The molecule has 1 aromatic rings. The van der Waals surface area contributed by atoms with Crippen LogP contribution in [0.5, 0.6) is 0 Å². The summed E-state index contributed by atoms with van der Waals surface area (Å²) in [6.07, 6.45) is 6.73. The monoisotopic (exact) mass is 311 g/mol. The lowest BCUT2D eigenvalue weighted by molar-refractivity contribution is -0.148. The number of nitrogens with two attached hydrogens (primary N) is 1. The maximum Gasteiger partial charge on any atom is 0.229 e. The Labute approximate surface area is 131 Å². The predicted molar refractivity (Wildman–Crippen MR) is 83.3 cm³/mol. The van der Waals surface area contributed by atoms with Gasteiger partial charge in [0, 0.05) is 12.2 Å². The van der Waals surface area contributed by atoms with Crippen LogP contribution >= 0.6 is 12.4 Å². The Hall–Kier alpha value is -1.33. The van der Waals surface area contributed by atoms with Crippen LogP contribution in [0.25, 0.3) is 0 Å². The van der Waals surface area contributed by atoms with E-state index in [9.17, 15) is 4.79 Å². The number of ether oxygens (including phenoxy) is 1. The molecule has 6 heteroatoms. The molecule has 116 valence electrons. The summed E-state index contributed by atoms with van der Waals surface area (Å²) in [5, 5.41) is 0. The van der Waals surface area contributed by atoms with Gasteiger partial charge < -0.3 is 15.4 Å². The quantitative estimate of drug-likeness (QED) is 0.904. The van der Waals surface area contributed by atoms with Crippen LogP contribution in [0, 0.1) is 0 Å². The van der Waals surface area contributed by atoms with Crippen molar-refractivity contribution in [1.82, 2.24) is 9.88 Å². The fourth-order valence-corrected chi connectivity index (χ4v) is 3.20. The molecule has 0 radical (unpaired) electrons. The van der Waals surface area contributed by atoms with Crippen molar-refractivity contribution in [3.05, 3.63) is 24.0 Å². The molecule has 2 fully saturated rings. The van der Waals surface area contributed by atoms with Gasteiger partial charge in [0.1, 0.15) is 0 Å². The van der Waals surface area contributed by atoms with E-state index in [2.05, 4.69) is 4.98 Å². The summed E-state index contributed by atoms with van der Waals surface area (Å²) in [4.78, 5) is 18.7. The van der Waals surface area contributed by atoms with Gasteiger partial charge in [0.05, 0.1) is 37.1 Å². The van der Waals surface area contributed by atoms with E-state index in [1.807, 2.05) is 11.0 Å². The largest absolute Gasteiger partial charge is 0.397 e. The minimum atomic E-state index is 0. The van der Waals surface area contributed by atoms with E-state index in [1.54, 1.807) is 12.3 Å². The minimum absolute atomic E-state index is 0. The van der Waals surface area contributed by atoms with Crippen LogP contribution in [-0.2, 0) is 16.0 Å². The highest BCUT2D eigenvalue weighted by Gasteiger charge is 2.36. The molecule has 2 aliphatic rings. The summed E-state index contributed by atoms with van der Waals surface area (Å²) in [6.45, 7) is 1.36. The minimum Gasteiger partial charge on any atom is -0.397 e. The van der Waals surface area contributed by atoms with Crippen molar-refractivity contribution in [1.29, 1.82) is 0 Å². The molecule has 2 N–H and O–H groups in total. The summed E-state index contributed by atoms with van der Waals surface area (Å²) in [6, 6.07) is 3.88. The molecule has 3 rings (SSSR count). The molecule has 0 spiro atoms. The van der Waals surface area contributed by atoms with Crippen LogP contribution in [0.3, 0.4) is 0 Å². The van der Waals surface area contributed by atoms with Crippen molar-refractivity contribution in [3.8, 4) is 0 Å². The number of pyridine rings is 1. The Morgan fingerprint density at radius 3 is 2.95 bits per heavy atom. The Morgan fingerprint density at radius 1 is 1.38 bits per heavy atom. The number of carbonyl (C=O) groups is 1. The van der Waals surface area contributed by atoms with Crippen LogP contribution in [0.4, 0.5) is 5.69 Å². The first kappa shape index (κ1) is 16.0. The molecule has 1 aliphatic carbocycles. The van der Waals surface area contributed by atoms with Crippen LogP contribution in [0.1, 0.15) is 31.4 Å². The van der Waals surface area contributed by atoms with Crippen LogP contribution in [0.2, 0.25) is 0 Å². The van der Waals surface area contributed by atoms with Crippen molar-refractivity contribution in [2.24, 2.45) is 0 Å². The number of fused-ring (bicyclic) bond motifs is 1. The standard InChI is InChI=1S/C15H21N3O2.ClH/c16-11-5-6-12(17-10-11)9-15(19)18-7-8-20-14-4-2-1-3-13(14)18;/h5-6,10,13-14H,1-4,7-9,16H2;1H. The van der Waals surface area contributed by atoms with Crippen molar-refractivity contribution in [2.75, 3.05) is 18.9 Å². The Kier molecular flexibility index (Phi) is 5.42. The molecule has 5 nitrogen and oxygen atoms in total. The van der Waals surface area contributed by atoms with Gasteiger partial charge in [-0.25, -0.2) is 0 Å². The molecule has 1 aromatic heterocycles. The molecule has 1 saturated carbocycles. The molecule has 2 atom stereocenters. The van der Waals surface area contributed by atoms with E-state index >= 15 is 0 Å². The lowest BCUT2D eigenvalue weighted by Crippen LogP contribution is -2.55. The molecule has 1 saturated heterocycles. The number of hydrogen-bond donors (Lipinski definition) is 1. The first-order valence-electron chi connectivity index (χ1n) is 7.35. The van der Waals surface area contributed by atoms with Crippen LogP contribution < -0.4 is 5.73 Å². The van der Waals surface area contributed by atoms with Gasteiger partial charge in [-0.1, -0.05) is 12.8 Å². The van der Waals surface area contributed by atoms with Crippen molar-refractivity contribution >= 4 is 24.0 Å². The zero-order valence-corrected chi connectivity index (χ0v) is 12.8. The Morgan fingerprint density at radius 2 is 2.19 bits per heavy atom. The number of amides is 1. The van der Waals surface area contributed by atoms with Crippen molar-refractivity contribution in [3.63, 3.8) is 0 Å². The van der Waals surface area contributed by atoms with Gasteiger partial charge in [0.25, 0.3) is 0 Å². The van der Waals surface area contributed by atoms with Gasteiger partial charge in [-0.2, -0.15) is 0 Å². The molecule has 21 heavy (non-hydrogen) atoms. The maximum absolute atomic E-state index is 12.5. The number of morpholine rings is 1. The lowest BCUT2D eigenvalue weighted by Gasteiger charge is -2.43. The summed E-state index contributed by atoms with van der Waals surface area (Å²) >= 11 is 0. The average molecular weight is 312 g/mol. The topological polar surface area (TPSA) is 68.5 Å². The van der Waals surface area contributed by atoms with Gasteiger partial charge in [0.15, 0.2) is 0 Å². The summed E-state index contributed by atoms with van der Waals surface area (Å²) in [5.74, 6) is 0.155. The third kappa shape index (κ3) is 3.66. The van der Waals surface area contributed by atoms with E-state index in [0.717, 1.165) is 18.5 Å². The van der Waals surface area contributed by atoms with Gasteiger partial charge in [-0.3, -0.25) is 9.78 Å². The third-order valence-electron chi connectivity index (χ3n) is 4.23. The van der Waals surface area contributed by atoms with Gasteiger partial charge in [-0.15, -0.1) is 12.4 Å². The van der Waals surface area contributed by atoms with Gasteiger partial charge in [0.2, 0.25) is 5.91 Å². The molecular weight excluding hydrogens is 290 g/mol. The second kappa shape index (κ2) is 7.09. The van der Waals surface area contributed by atoms with Crippen LogP contribution in [0.15, 0.2) is 18.3 Å². The molecule has 0 aromatic carbocycles. The SMILES string of the molecule is Cl.Nc1ccc(CC(=O)N2CCOC3CCCCC32)nc1. The fourth-order valence-electron chi connectivity index (χ4n) is 3.20. The molecule has 1 amide bonds. The molecular formula is C15H22ClN3O2. The van der Waals surface area contributed by atoms with E-state index in [-0.39, 0.29) is 30.5 Å². The number of hydrogen-bond acceptors (Lipinski definition) is 4.